The molecule has 1 heterocycles. The summed E-state index contributed by atoms with van der Waals surface area (Å²) in [6.45, 7) is 2.83. The smallest absolute Gasteiger partial charge is 0.130 e. The lowest BCUT2D eigenvalue weighted by Gasteiger charge is -2.23. The molecule has 1 atom stereocenters. The Labute approximate surface area is 95.5 Å². The van der Waals surface area contributed by atoms with E-state index in [1.54, 1.807) is 13.0 Å². The van der Waals surface area contributed by atoms with Crippen LogP contribution in [-0.4, -0.2) is 17.7 Å². The van der Waals surface area contributed by atoms with Crippen LogP contribution >= 0.6 is 0 Å². The Morgan fingerprint density at radius 3 is 2.94 bits per heavy atom. The molecule has 2 nitrogen and oxygen atoms in total. The van der Waals surface area contributed by atoms with Crippen molar-refractivity contribution in [1.82, 2.24) is 5.32 Å². The van der Waals surface area contributed by atoms with Crippen molar-refractivity contribution in [2.45, 2.75) is 38.6 Å². The van der Waals surface area contributed by atoms with Crippen LogP contribution in [0, 0.1) is 12.7 Å². The zero-order valence-electron chi connectivity index (χ0n) is 9.59. The molecule has 0 bridgehead atoms. The minimum absolute atomic E-state index is 0.0397. The second-order valence-electron chi connectivity index (χ2n) is 4.58. The summed E-state index contributed by atoms with van der Waals surface area (Å²) >= 11 is 0. The average Bonchev–Trinajstić information content (AvgIpc) is 2.27. The Hall–Kier alpha value is -1.09. The molecule has 0 radical (unpaired) electrons. The van der Waals surface area contributed by atoms with Gasteiger partial charge in [-0.3, -0.25) is 0 Å². The first kappa shape index (κ1) is 11.4. The molecule has 0 spiro atoms. The number of halogens is 1. The second-order valence-corrected chi connectivity index (χ2v) is 4.58. The lowest BCUT2D eigenvalue weighted by Crippen LogP contribution is -2.35. The molecule has 3 heteroatoms. The Bertz CT molecular complexity index is 372. The van der Waals surface area contributed by atoms with Crippen molar-refractivity contribution >= 4 is 0 Å². The van der Waals surface area contributed by atoms with Gasteiger partial charge < -0.3 is 10.4 Å². The molecule has 1 saturated heterocycles. The largest absolute Gasteiger partial charge is 0.508 e. The van der Waals surface area contributed by atoms with Crippen LogP contribution in [0.1, 0.15) is 30.4 Å². The van der Waals surface area contributed by atoms with Crippen LogP contribution in [0.3, 0.4) is 0 Å². The van der Waals surface area contributed by atoms with E-state index in [0.717, 1.165) is 18.5 Å². The van der Waals surface area contributed by atoms with E-state index in [0.29, 0.717) is 18.0 Å². The standard InChI is InChI=1S/C13H18FNO/c1-9-6-10(12(14)8-13(9)16)7-11-4-2-3-5-15-11/h6,8,11,15-16H,2-5,7H2,1H3. The first-order chi connectivity index (χ1) is 7.66. The molecule has 1 aromatic rings. The predicted octanol–water partition coefficient (Wildman–Crippen LogP) is 2.52. The molecule has 0 aliphatic carbocycles. The number of hydrogen-bond acceptors (Lipinski definition) is 2. The fourth-order valence-electron chi connectivity index (χ4n) is 2.25. The maximum atomic E-state index is 13.6. The Morgan fingerprint density at radius 1 is 1.44 bits per heavy atom. The van der Waals surface area contributed by atoms with Gasteiger partial charge in [0.2, 0.25) is 0 Å². The molecule has 1 aromatic carbocycles. The van der Waals surface area contributed by atoms with Crippen molar-refractivity contribution in [2.24, 2.45) is 0 Å². The van der Waals surface area contributed by atoms with Crippen molar-refractivity contribution in [3.8, 4) is 5.75 Å². The van der Waals surface area contributed by atoms with Crippen LogP contribution in [0.4, 0.5) is 4.39 Å². The molecule has 2 rings (SSSR count). The van der Waals surface area contributed by atoms with Gasteiger partial charge in [-0.05, 0) is 49.9 Å². The molecule has 16 heavy (non-hydrogen) atoms. The molecular formula is C13H18FNO. The number of phenols is 1. The van der Waals surface area contributed by atoms with Crippen LogP contribution in [0.15, 0.2) is 12.1 Å². The summed E-state index contributed by atoms with van der Waals surface area (Å²) in [6.07, 6.45) is 4.26. The fraction of sp³-hybridized carbons (Fsp3) is 0.538. The maximum Gasteiger partial charge on any atom is 0.130 e. The molecule has 1 unspecified atom stereocenters. The summed E-state index contributed by atoms with van der Waals surface area (Å²) in [6, 6.07) is 3.35. The minimum atomic E-state index is -0.296. The van der Waals surface area contributed by atoms with Gasteiger partial charge in [-0.25, -0.2) is 4.39 Å². The number of aryl methyl sites for hydroxylation is 1. The van der Waals surface area contributed by atoms with Crippen LogP contribution in [0.5, 0.6) is 5.75 Å². The van der Waals surface area contributed by atoms with Crippen molar-refractivity contribution in [3.63, 3.8) is 0 Å². The SMILES string of the molecule is Cc1cc(CC2CCCCN2)c(F)cc1O. The summed E-state index contributed by atoms with van der Waals surface area (Å²) in [5, 5.41) is 12.8. The monoisotopic (exact) mass is 223 g/mol. The number of hydrogen-bond donors (Lipinski definition) is 2. The van der Waals surface area contributed by atoms with Crippen LogP contribution in [0.25, 0.3) is 0 Å². The van der Waals surface area contributed by atoms with E-state index in [1.165, 1.54) is 18.9 Å². The second kappa shape index (κ2) is 4.83. The van der Waals surface area contributed by atoms with Gasteiger partial charge in [-0.1, -0.05) is 6.42 Å². The highest BCUT2D eigenvalue weighted by Gasteiger charge is 2.16. The van der Waals surface area contributed by atoms with Gasteiger partial charge in [0.15, 0.2) is 0 Å². The number of rotatable bonds is 2. The highest BCUT2D eigenvalue weighted by Crippen LogP contribution is 2.23. The lowest BCUT2D eigenvalue weighted by atomic mass is 9.96. The van der Waals surface area contributed by atoms with E-state index in [4.69, 9.17) is 0 Å². The van der Waals surface area contributed by atoms with Crippen LogP contribution in [0.2, 0.25) is 0 Å². The molecule has 1 aliphatic rings. The van der Waals surface area contributed by atoms with E-state index < -0.39 is 0 Å². The molecule has 1 aliphatic heterocycles. The zero-order chi connectivity index (χ0) is 11.5. The topological polar surface area (TPSA) is 32.3 Å². The molecule has 2 N–H and O–H groups in total. The third-order valence-corrected chi connectivity index (χ3v) is 3.24. The third-order valence-electron chi connectivity index (χ3n) is 3.24. The van der Waals surface area contributed by atoms with Crippen molar-refractivity contribution < 1.29 is 9.50 Å². The molecular weight excluding hydrogens is 205 g/mol. The van der Waals surface area contributed by atoms with Gasteiger partial charge in [-0.15, -0.1) is 0 Å². The van der Waals surface area contributed by atoms with Gasteiger partial charge >= 0.3 is 0 Å². The Balaban J connectivity index is 2.11. The molecule has 88 valence electrons. The first-order valence-electron chi connectivity index (χ1n) is 5.88. The maximum absolute atomic E-state index is 13.6. The van der Waals surface area contributed by atoms with E-state index >= 15 is 0 Å². The summed E-state index contributed by atoms with van der Waals surface area (Å²) in [7, 11) is 0. The highest BCUT2D eigenvalue weighted by atomic mass is 19.1. The van der Waals surface area contributed by atoms with E-state index in [1.807, 2.05) is 0 Å². The average molecular weight is 223 g/mol. The van der Waals surface area contributed by atoms with Gasteiger partial charge in [-0.2, -0.15) is 0 Å². The Morgan fingerprint density at radius 2 is 2.25 bits per heavy atom. The molecule has 1 fully saturated rings. The third kappa shape index (κ3) is 2.53. The predicted molar refractivity (Wildman–Crippen MR) is 62.1 cm³/mol. The summed E-state index contributed by atoms with van der Waals surface area (Å²) in [5.41, 5.74) is 1.45. The zero-order valence-corrected chi connectivity index (χ0v) is 9.59. The van der Waals surface area contributed by atoms with Crippen molar-refractivity contribution in [3.05, 3.63) is 29.1 Å². The molecule has 0 aromatic heterocycles. The fourth-order valence-corrected chi connectivity index (χ4v) is 2.25. The van der Waals surface area contributed by atoms with Crippen LogP contribution in [-0.2, 0) is 6.42 Å². The van der Waals surface area contributed by atoms with Gasteiger partial charge in [0, 0.05) is 12.1 Å². The Kier molecular flexibility index (Phi) is 3.44. The number of phenolic OH excluding ortho intramolecular Hbond substituents is 1. The lowest BCUT2D eigenvalue weighted by molar-refractivity contribution is 0.394. The minimum Gasteiger partial charge on any atom is -0.508 e. The number of piperidine rings is 1. The van der Waals surface area contributed by atoms with Crippen LogP contribution < -0.4 is 5.32 Å². The number of nitrogens with one attached hydrogen (secondary N) is 1. The number of aromatic hydroxyl groups is 1. The highest BCUT2D eigenvalue weighted by molar-refractivity contribution is 5.36. The quantitative estimate of drug-likeness (QED) is 0.807. The van der Waals surface area contributed by atoms with E-state index in [-0.39, 0.29) is 11.6 Å². The van der Waals surface area contributed by atoms with E-state index in [2.05, 4.69) is 5.32 Å². The number of benzene rings is 1. The summed E-state index contributed by atoms with van der Waals surface area (Å²) in [5.74, 6) is -0.256. The van der Waals surface area contributed by atoms with Gasteiger partial charge in [0.05, 0.1) is 0 Å². The molecule has 0 amide bonds. The van der Waals surface area contributed by atoms with E-state index in [9.17, 15) is 9.50 Å². The first-order valence-corrected chi connectivity index (χ1v) is 5.88. The normalized spacial score (nSPS) is 21.0. The van der Waals surface area contributed by atoms with Crippen molar-refractivity contribution in [2.75, 3.05) is 6.54 Å². The molecule has 0 saturated carbocycles. The van der Waals surface area contributed by atoms with Gasteiger partial charge in [0.25, 0.3) is 0 Å². The summed E-state index contributed by atoms with van der Waals surface area (Å²) < 4.78 is 13.6. The van der Waals surface area contributed by atoms with Crippen molar-refractivity contribution in [1.29, 1.82) is 0 Å². The summed E-state index contributed by atoms with van der Waals surface area (Å²) in [4.78, 5) is 0. The van der Waals surface area contributed by atoms with Gasteiger partial charge in [0.1, 0.15) is 11.6 Å².